The summed E-state index contributed by atoms with van der Waals surface area (Å²) in [4.78, 5) is 0. The van der Waals surface area contributed by atoms with Gasteiger partial charge < -0.3 is 29.5 Å². The maximum Gasteiger partial charge on any atom is 0.188 e. The first-order chi connectivity index (χ1) is 16.8. The van der Waals surface area contributed by atoms with Crippen molar-refractivity contribution in [3.8, 4) is 0 Å². The predicted octanol–water partition coefficient (Wildman–Crippen LogP) is 4.45. The minimum atomic E-state index is -1.23. The number of hydrogen-bond donors (Lipinski definition) is 3. The summed E-state index contributed by atoms with van der Waals surface area (Å²) in [5.74, 6) is 2.56. The Morgan fingerprint density at radius 3 is 2.44 bits per heavy atom. The first-order valence-electron chi connectivity index (χ1n) is 14.3. The van der Waals surface area contributed by atoms with Gasteiger partial charge in [-0.2, -0.15) is 0 Å². The molecular formula is C30H50O6. The van der Waals surface area contributed by atoms with E-state index >= 15 is 0 Å². The molecule has 0 aromatic carbocycles. The minimum Gasteiger partial charge on any atom is -0.393 e. The Morgan fingerprint density at radius 2 is 1.78 bits per heavy atom. The summed E-state index contributed by atoms with van der Waals surface area (Å²) in [5, 5.41) is 32.7. The molecule has 4 aliphatic carbocycles. The molecule has 1 heterocycles. The molecule has 4 fully saturated rings. The van der Waals surface area contributed by atoms with Gasteiger partial charge in [-0.25, -0.2) is 0 Å². The van der Waals surface area contributed by atoms with Gasteiger partial charge >= 0.3 is 0 Å². The van der Waals surface area contributed by atoms with Gasteiger partial charge in [-0.05, 0) is 87.4 Å². The molecule has 3 N–H and O–H groups in total. The van der Waals surface area contributed by atoms with Gasteiger partial charge in [0.2, 0.25) is 0 Å². The molecule has 13 atom stereocenters. The van der Waals surface area contributed by atoms with Crippen molar-refractivity contribution in [1.29, 1.82) is 0 Å². The van der Waals surface area contributed by atoms with Crippen LogP contribution in [-0.4, -0.2) is 65.3 Å². The van der Waals surface area contributed by atoms with E-state index in [4.69, 9.17) is 14.2 Å². The minimum absolute atomic E-state index is 0.0459. The second kappa shape index (κ2) is 9.02. The van der Waals surface area contributed by atoms with Gasteiger partial charge in [0.15, 0.2) is 6.29 Å². The second-order valence-corrected chi connectivity index (χ2v) is 13.9. The van der Waals surface area contributed by atoms with Gasteiger partial charge in [0.05, 0.1) is 18.3 Å². The summed E-state index contributed by atoms with van der Waals surface area (Å²) < 4.78 is 18.0. The van der Waals surface area contributed by atoms with E-state index in [1.54, 1.807) is 21.1 Å². The Kier molecular flexibility index (Phi) is 6.79. The largest absolute Gasteiger partial charge is 0.393 e. The maximum absolute atomic E-state index is 11.2. The van der Waals surface area contributed by atoms with Crippen molar-refractivity contribution in [1.82, 2.24) is 0 Å². The Morgan fingerprint density at radius 1 is 1.06 bits per heavy atom. The highest BCUT2D eigenvalue weighted by Crippen LogP contribution is 2.67. The quantitative estimate of drug-likeness (QED) is 0.488. The van der Waals surface area contributed by atoms with Gasteiger partial charge in [0, 0.05) is 32.5 Å². The molecule has 0 bridgehead atoms. The van der Waals surface area contributed by atoms with Gasteiger partial charge in [-0.3, -0.25) is 0 Å². The summed E-state index contributed by atoms with van der Waals surface area (Å²) in [6, 6.07) is 0. The van der Waals surface area contributed by atoms with Crippen LogP contribution in [0.25, 0.3) is 0 Å². The number of hydrogen-bond acceptors (Lipinski definition) is 6. The highest BCUT2D eigenvalue weighted by molar-refractivity contribution is 5.27. The third kappa shape index (κ3) is 3.65. The van der Waals surface area contributed by atoms with Crippen LogP contribution in [0, 0.1) is 40.4 Å². The molecule has 0 unspecified atom stereocenters. The molecule has 206 valence electrons. The van der Waals surface area contributed by atoms with E-state index in [9.17, 15) is 15.3 Å². The highest BCUT2D eigenvalue weighted by atomic mass is 16.7. The van der Waals surface area contributed by atoms with E-state index < -0.39 is 29.7 Å². The standard InChI is InChI=1S/C30H50O6/c1-17(24-16-28(3,35-7)30(5,33)26(34-6)36-24)21-10-11-22-20-9-8-18-14-19(31)15-25(32)29(18,4)23(20)12-13-27(21,22)2/h8,17,19-26,31-33H,9-16H2,1-7H3/t17-,19+,20-,21+,22-,23-,24+,25-,26+,27+,28+,29-,30+/m0/s1. The molecule has 5 rings (SSSR count). The van der Waals surface area contributed by atoms with Gasteiger partial charge in [-0.1, -0.05) is 32.4 Å². The number of rotatable bonds is 4. The lowest BCUT2D eigenvalue weighted by atomic mass is 9.46. The number of aliphatic hydroxyl groups is 3. The van der Waals surface area contributed by atoms with Crippen LogP contribution in [0.2, 0.25) is 0 Å². The van der Waals surface area contributed by atoms with Crippen LogP contribution in [0.1, 0.15) is 86.0 Å². The molecule has 6 heteroatoms. The molecular weight excluding hydrogens is 456 g/mol. The fourth-order valence-electron chi connectivity index (χ4n) is 9.93. The number of aliphatic hydroxyl groups excluding tert-OH is 2. The maximum atomic E-state index is 11.2. The number of methoxy groups -OCH3 is 2. The zero-order valence-corrected chi connectivity index (χ0v) is 23.5. The Bertz CT molecular complexity index is 872. The molecule has 36 heavy (non-hydrogen) atoms. The van der Waals surface area contributed by atoms with Gasteiger partial charge in [-0.15, -0.1) is 0 Å². The topological polar surface area (TPSA) is 88.4 Å². The third-order valence-electron chi connectivity index (χ3n) is 12.6. The lowest BCUT2D eigenvalue weighted by Gasteiger charge is -2.60. The monoisotopic (exact) mass is 506 g/mol. The number of ether oxygens (including phenoxy) is 3. The average Bonchev–Trinajstić information content (AvgIpc) is 3.18. The van der Waals surface area contributed by atoms with Crippen molar-refractivity contribution in [2.75, 3.05) is 14.2 Å². The fraction of sp³-hybridized carbons (Fsp3) is 0.933. The lowest BCUT2D eigenvalue weighted by molar-refractivity contribution is -0.339. The summed E-state index contributed by atoms with van der Waals surface area (Å²) in [5.41, 5.74) is -0.646. The molecule has 1 saturated heterocycles. The molecule has 0 aromatic rings. The van der Waals surface area contributed by atoms with E-state index in [1.165, 1.54) is 24.8 Å². The molecule has 0 amide bonds. The number of fused-ring (bicyclic) bond motifs is 5. The summed E-state index contributed by atoms with van der Waals surface area (Å²) in [6.45, 7) is 10.9. The van der Waals surface area contributed by atoms with Crippen molar-refractivity contribution in [3.05, 3.63) is 11.6 Å². The molecule has 1 aliphatic heterocycles. The van der Waals surface area contributed by atoms with Crippen molar-refractivity contribution in [3.63, 3.8) is 0 Å². The Balaban J connectivity index is 1.39. The van der Waals surface area contributed by atoms with Crippen LogP contribution >= 0.6 is 0 Å². The zero-order chi connectivity index (χ0) is 26.3. The van der Waals surface area contributed by atoms with Crippen LogP contribution in [0.5, 0.6) is 0 Å². The normalized spacial score (nSPS) is 55.8. The predicted molar refractivity (Wildman–Crippen MR) is 138 cm³/mol. The van der Waals surface area contributed by atoms with Crippen molar-refractivity contribution >= 4 is 0 Å². The first-order valence-corrected chi connectivity index (χ1v) is 14.3. The summed E-state index contributed by atoms with van der Waals surface area (Å²) in [6.07, 6.45) is 8.41. The van der Waals surface area contributed by atoms with E-state index in [0.29, 0.717) is 42.4 Å². The van der Waals surface area contributed by atoms with Gasteiger partial charge in [0.1, 0.15) is 11.2 Å². The van der Waals surface area contributed by atoms with Crippen LogP contribution in [-0.2, 0) is 14.2 Å². The molecule has 0 radical (unpaired) electrons. The smallest absolute Gasteiger partial charge is 0.188 e. The number of allylic oxidation sites excluding steroid dienone is 1. The second-order valence-electron chi connectivity index (χ2n) is 13.9. The van der Waals surface area contributed by atoms with Crippen LogP contribution in [0.3, 0.4) is 0 Å². The van der Waals surface area contributed by atoms with Crippen LogP contribution in [0.15, 0.2) is 11.6 Å². The summed E-state index contributed by atoms with van der Waals surface area (Å²) in [7, 11) is 3.27. The Hall–Kier alpha value is -0.500. The average molecular weight is 507 g/mol. The van der Waals surface area contributed by atoms with E-state index in [2.05, 4.69) is 26.8 Å². The van der Waals surface area contributed by atoms with Crippen LogP contribution < -0.4 is 0 Å². The Labute approximate surface area is 217 Å². The zero-order valence-electron chi connectivity index (χ0n) is 23.5. The summed E-state index contributed by atoms with van der Waals surface area (Å²) >= 11 is 0. The van der Waals surface area contributed by atoms with E-state index in [0.717, 1.165) is 19.3 Å². The molecule has 0 spiro atoms. The van der Waals surface area contributed by atoms with Gasteiger partial charge in [0.25, 0.3) is 0 Å². The molecule has 5 aliphatic rings. The van der Waals surface area contributed by atoms with Crippen molar-refractivity contribution in [2.24, 2.45) is 40.4 Å². The highest BCUT2D eigenvalue weighted by Gasteiger charge is 2.63. The molecule has 6 nitrogen and oxygen atoms in total. The molecule has 3 saturated carbocycles. The first kappa shape index (κ1) is 27.1. The van der Waals surface area contributed by atoms with Crippen molar-refractivity contribution in [2.45, 2.75) is 122 Å². The lowest BCUT2D eigenvalue weighted by Crippen LogP contribution is -2.66. The van der Waals surface area contributed by atoms with E-state index in [1.807, 2.05) is 6.92 Å². The van der Waals surface area contributed by atoms with Crippen LogP contribution in [0.4, 0.5) is 0 Å². The fourth-order valence-corrected chi connectivity index (χ4v) is 9.93. The van der Waals surface area contributed by atoms with E-state index in [-0.39, 0.29) is 16.9 Å². The molecule has 0 aromatic heterocycles. The SMILES string of the molecule is CO[C@@H]1O[C@@H]([C@@H](C)[C@H]2CC[C@H]3[C@@H]4CC=C5C[C@@H](O)C[C@H](O)[C@]5(C)[C@H]4CC[C@]23C)C[C@@](C)(OC)[C@]1(C)O. The van der Waals surface area contributed by atoms with Crippen molar-refractivity contribution < 1.29 is 29.5 Å². The third-order valence-corrected chi connectivity index (χ3v) is 12.6.